The summed E-state index contributed by atoms with van der Waals surface area (Å²) in [6, 6.07) is 7.72. The van der Waals surface area contributed by atoms with Crippen molar-refractivity contribution in [2.75, 3.05) is 20.2 Å². The number of rotatable bonds is 5. The molecule has 2 bridgehead atoms. The lowest BCUT2D eigenvalue weighted by Gasteiger charge is -2.55. The van der Waals surface area contributed by atoms with E-state index >= 15 is 0 Å². The Labute approximate surface area is 172 Å². The number of aryl methyl sites for hydroxylation is 1. The number of amides is 1. The molecule has 6 nitrogen and oxygen atoms in total. The predicted molar refractivity (Wildman–Crippen MR) is 110 cm³/mol. The number of benzene rings is 1. The van der Waals surface area contributed by atoms with Crippen LogP contribution in [0.4, 0.5) is 0 Å². The molecule has 2 aromatic rings. The van der Waals surface area contributed by atoms with Gasteiger partial charge in [-0.05, 0) is 37.5 Å². The molecule has 0 unspecified atom stereocenters. The summed E-state index contributed by atoms with van der Waals surface area (Å²) in [5.41, 5.74) is 7.91. The fourth-order valence-corrected chi connectivity index (χ4v) is 5.27. The van der Waals surface area contributed by atoms with Gasteiger partial charge in [-0.15, -0.1) is 12.4 Å². The monoisotopic (exact) mass is 404 g/mol. The minimum atomic E-state index is -0.389. The molecule has 1 saturated carbocycles. The summed E-state index contributed by atoms with van der Waals surface area (Å²) < 4.78 is 6.27. The van der Waals surface area contributed by atoms with Crippen molar-refractivity contribution in [3.8, 4) is 0 Å². The molecule has 3 atom stereocenters. The van der Waals surface area contributed by atoms with Crippen LogP contribution in [0.3, 0.4) is 0 Å². The number of H-pyrrole nitrogens is 1. The van der Waals surface area contributed by atoms with Gasteiger partial charge in [0.25, 0.3) is 0 Å². The van der Waals surface area contributed by atoms with Gasteiger partial charge in [0.1, 0.15) is 11.4 Å². The zero-order valence-electron chi connectivity index (χ0n) is 16.5. The van der Waals surface area contributed by atoms with Gasteiger partial charge in [0.2, 0.25) is 5.91 Å². The normalized spacial score (nSPS) is 27.2. The van der Waals surface area contributed by atoms with Gasteiger partial charge in [-0.1, -0.05) is 18.6 Å². The number of fused-ring (bicyclic) bond motifs is 2. The molecule has 152 valence electrons. The largest absolute Gasteiger partial charge is 0.373 e. The lowest BCUT2D eigenvalue weighted by atomic mass is 9.62. The molecule has 4 rings (SSSR count). The van der Waals surface area contributed by atoms with Crippen LogP contribution in [-0.4, -0.2) is 41.0 Å². The Morgan fingerprint density at radius 3 is 2.64 bits per heavy atom. The van der Waals surface area contributed by atoms with Gasteiger partial charge < -0.3 is 15.5 Å². The van der Waals surface area contributed by atoms with Gasteiger partial charge >= 0.3 is 0 Å². The number of methoxy groups -OCH3 is 1. The molecule has 1 aromatic carbocycles. The molecule has 1 saturated heterocycles. The number of halogens is 1. The van der Waals surface area contributed by atoms with Crippen molar-refractivity contribution < 1.29 is 9.53 Å². The average Bonchev–Trinajstić information content (AvgIpc) is 3.06. The number of aromatic amines is 1. The van der Waals surface area contributed by atoms with E-state index in [1.807, 2.05) is 32.4 Å². The molecule has 0 spiro atoms. The van der Waals surface area contributed by atoms with E-state index < -0.39 is 0 Å². The molecule has 7 heteroatoms. The van der Waals surface area contributed by atoms with Crippen LogP contribution in [0.2, 0.25) is 0 Å². The van der Waals surface area contributed by atoms with E-state index in [0.29, 0.717) is 17.4 Å². The standard InChI is InChI=1S/C21H28N4O2.ClH/c1-14-23-10-19(24-14)13-25-11-17-7-4-8-18(12-25)21(17,27-2)16-6-3-5-15(9-16)20(22)26;/h3,5-6,9-10,17-18H,4,7-8,11-13H2,1-2H3,(H2,22,26)(H,23,24);1H/t17-,18+,21+;. The summed E-state index contributed by atoms with van der Waals surface area (Å²) in [6.45, 7) is 4.78. The van der Waals surface area contributed by atoms with Crippen LogP contribution in [0.5, 0.6) is 0 Å². The molecule has 2 aliphatic rings. The van der Waals surface area contributed by atoms with E-state index in [1.165, 1.54) is 6.42 Å². The first kappa shape index (κ1) is 20.8. The lowest BCUT2D eigenvalue weighted by molar-refractivity contribution is -0.170. The highest BCUT2D eigenvalue weighted by atomic mass is 35.5. The highest BCUT2D eigenvalue weighted by Crippen LogP contribution is 2.51. The summed E-state index contributed by atoms with van der Waals surface area (Å²) in [7, 11) is 1.81. The molecule has 2 heterocycles. The number of nitrogens with two attached hydrogens (primary N) is 1. The minimum Gasteiger partial charge on any atom is -0.373 e. The maximum atomic E-state index is 11.7. The average molecular weight is 405 g/mol. The number of piperidine rings is 1. The van der Waals surface area contributed by atoms with E-state index in [2.05, 4.69) is 20.9 Å². The van der Waals surface area contributed by atoms with Crippen molar-refractivity contribution in [1.29, 1.82) is 0 Å². The quantitative estimate of drug-likeness (QED) is 0.802. The summed E-state index contributed by atoms with van der Waals surface area (Å²) in [6.07, 6.45) is 5.48. The van der Waals surface area contributed by atoms with Gasteiger partial charge in [0, 0.05) is 50.3 Å². The van der Waals surface area contributed by atoms with Gasteiger partial charge in [-0.25, -0.2) is 4.98 Å². The third-order valence-electron chi connectivity index (χ3n) is 6.36. The van der Waals surface area contributed by atoms with Crippen LogP contribution < -0.4 is 5.73 Å². The Morgan fingerprint density at radius 2 is 2.07 bits per heavy atom. The van der Waals surface area contributed by atoms with Gasteiger partial charge in [-0.3, -0.25) is 9.69 Å². The van der Waals surface area contributed by atoms with Crippen molar-refractivity contribution in [2.45, 2.75) is 38.3 Å². The van der Waals surface area contributed by atoms with Gasteiger partial charge in [0.15, 0.2) is 0 Å². The third kappa shape index (κ3) is 3.56. The molecule has 1 aliphatic carbocycles. The second-order valence-corrected chi connectivity index (χ2v) is 7.94. The fraction of sp³-hybridized carbons (Fsp3) is 0.524. The van der Waals surface area contributed by atoms with Crippen LogP contribution in [0.15, 0.2) is 30.5 Å². The van der Waals surface area contributed by atoms with Crippen LogP contribution in [0.1, 0.15) is 46.7 Å². The van der Waals surface area contributed by atoms with Crippen LogP contribution in [-0.2, 0) is 16.9 Å². The highest BCUT2D eigenvalue weighted by Gasteiger charge is 2.53. The number of likely N-dealkylation sites (tertiary alicyclic amines) is 1. The van der Waals surface area contributed by atoms with Crippen LogP contribution in [0, 0.1) is 18.8 Å². The maximum Gasteiger partial charge on any atom is 0.248 e. The van der Waals surface area contributed by atoms with Crippen molar-refractivity contribution in [2.24, 2.45) is 17.6 Å². The van der Waals surface area contributed by atoms with Crippen molar-refractivity contribution in [3.63, 3.8) is 0 Å². The SMILES string of the molecule is CO[C@@]1(c2cccc(C(N)=O)c2)[C@@H]2CCC[C@H]1CN(Cc1c[nH]c(C)n1)C2.Cl. The number of carbonyl (C=O) groups is 1. The second-order valence-electron chi connectivity index (χ2n) is 7.94. The molecule has 28 heavy (non-hydrogen) atoms. The number of ether oxygens (including phenoxy) is 1. The van der Waals surface area contributed by atoms with Crippen molar-refractivity contribution in [3.05, 3.63) is 53.1 Å². The molecule has 1 aliphatic heterocycles. The topological polar surface area (TPSA) is 84.2 Å². The number of primary amides is 1. The number of carbonyl (C=O) groups excluding carboxylic acids is 1. The Balaban J connectivity index is 0.00000225. The first-order chi connectivity index (χ1) is 13.0. The molecule has 1 aromatic heterocycles. The highest BCUT2D eigenvalue weighted by molar-refractivity contribution is 5.92. The molecule has 0 radical (unpaired) electrons. The van der Waals surface area contributed by atoms with E-state index in [4.69, 9.17) is 10.5 Å². The fourth-order valence-electron chi connectivity index (χ4n) is 5.27. The first-order valence-corrected chi connectivity index (χ1v) is 9.71. The van der Waals surface area contributed by atoms with E-state index in [1.54, 1.807) is 6.07 Å². The molecular weight excluding hydrogens is 376 g/mol. The maximum absolute atomic E-state index is 11.7. The predicted octanol–water partition coefficient (Wildman–Crippen LogP) is 3.01. The zero-order valence-corrected chi connectivity index (χ0v) is 17.3. The van der Waals surface area contributed by atoms with Gasteiger partial charge in [0.05, 0.1) is 5.69 Å². The number of hydrogen-bond donors (Lipinski definition) is 2. The summed E-state index contributed by atoms with van der Waals surface area (Å²) in [5, 5.41) is 0. The van der Waals surface area contributed by atoms with Crippen molar-refractivity contribution in [1.82, 2.24) is 14.9 Å². The number of nitrogens with one attached hydrogen (secondary N) is 1. The van der Waals surface area contributed by atoms with Crippen LogP contribution >= 0.6 is 12.4 Å². The number of nitrogens with zero attached hydrogens (tertiary/aromatic N) is 2. The molecule has 2 fully saturated rings. The van der Waals surface area contributed by atoms with E-state index in [-0.39, 0.29) is 23.9 Å². The lowest BCUT2D eigenvalue weighted by Crippen LogP contribution is -2.58. The summed E-state index contributed by atoms with van der Waals surface area (Å²) in [4.78, 5) is 21.9. The van der Waals surface area contributed by atoms with E-state index in [0.717, 1.165) is 49.6 Å². The Hall–Kier alpha value is -1.89. The number of aromatic nitrogens is 2. The Morgan fingerprint density at radius 1 is 1.36 bits per heavy atom. The number of hydrogen-bond acceptors (Lipinski definition) is 4. The van der Waals surface area contributed by atoms with Gasteiger partial charge in [-0.2, -0.15) is 0 Å². The number of imidazole rings is 1. The minimum absolute atomic E-state index is 0. The summed E-state index contributed by atoms with van der Waals surface area (Å²) >= 11 is 0. The van der Waals surface area contributed by atoms with Crippen molar-refractivity contribution >= 4 is 18.3 Å². The second kappa shape index (κ2) is 8.23. The summed E-state index contributed by atoms with van der Waals surface area (Å²) in [5.74, 6) is 1.34. The molecular formula is C21H29ClN4O2. The van der Waals surface area contributed by atoms with E-state index in [9.17, 15) is 4.79 Å². The third-order valence-corrected chi connectivity index (χ3v) is 6.36. The van der Waals surface area contributed by atoms with Crippen LogP contribution in [0.25, 0.3) is 0 Å². The Kier molecular flexibility index (Phi) is 6.12. The molecule has 3 N–H and O–H groups in total. The first-order valence-electron chi connectivity index (χ1n) is 9.71. The Bertz CT molecular complexity index is 823. The molecule has 1 amide bonds. The zero-order chi connectivity index (χ0) is 19.0. The smallest absolute Gasteiger partial charge is 0.248 e.